The number of nitrogens with one attached hydrogen (secondary N) is 1. The second kappa shape index (κ2) is 5.72. The van der Waals surface area contributed by atoms with Gasteiger partial charge >= 0.3 is 5.97 Å². The maximum Gasteiger partial charge on any atom is 0.306 e. The van der Waals surface area contributed by atoms with Gasteiger partial charge in [0.2, 0.25) is 0 Å². The average Bonchev–Trinajstić information content (AvgIpc) is 2.81. The van der Waals surface area contributed by atoms with Crippen LogP contribution < -0.4 is 5.43 Å². The van der Waals surface area contributed by atoms with Gasteiger partial charge in [0.15, 0.2) is 0 Å². The van der Waals surface area contributed by atoms with E-state index in [0.717, 1.165) is 43.9 Å². The number of amidine groups is 1. The predicted octanol–water partition coefficient (Wildman–Crippen LogP) is 1.66. The van der Waals surface area contributed by atoms with Gasteiger partial charge in [-0.05, 0) is 42.5 Å². The maximum atomic E-state index is 10.9. The Kier molecular flexibility index (Phi) is 3.78. The topological polar surface area (TPSA) is 68.2 Å². The Balaban J connectivity index is 1.33. The number of hydrogen-bond donors (Lipinski definition) is 2. The lowest BCUT2D eigenvalue weighted by Crippen LogP contribution is -2.64. The summed E-state index contributed by atoms with van der Waals surface area (Å²) in [6.07, 6.45) is 1.73. The summed E-state index contributed by atoms with van der Waals surface area (Å²) in [5.41, 5.74) is 4.59. The standard InChI is InChI=1S/C17H21ClN4O2/c1-21-14(19-15(20-21)11-2-4-13(18)5-3-11)8-22-9-17(10-22)6-12(7-17)16(23)24/h2-5,12,14H,6-10H2,1H3,(H,19,20)(H,23,24). The summed E-state index contributed by atoms with van der Waals surface area (Å²) >= 11 is 5.93. The van der Waals surface area contributed by atoms with E-state index in [0.29, 0.717) is 5.02 Å². The van der Waals surface area contributed by atoms with Gasteiger partial charge in [-0.1, -0.05) is 11.6 Å². The normalized spacial score (nSPS) is 26.6. The van der Waals surface area contributed by atoms with E-state index in [1.807, 2.05) is 36.3 Å². The molecule has 7 heteroatoms. The first-order valence-electron chi connectivity index (χ1n) is 8.23. The summed E-state index contributed by atoms with van der Waals surface area (Å²) in [5.74, 6) is 0.0949. The van der Waals surface area contributed by atoms with Gasteiger partial charge in [-0.15, -0.1) is 0 Å². The van der Waals surface area contributed by atoms with Crippen LogP contribution in [0.3, 0.4) is 0 Å². The number of aliphatic imine (C=N–C) groups is 1. The van der Waals surface area contributed by atoms with Crippen LogP contribution in [-0.2, 0) is 4.79 Å². The van der Waals surface area contributed by atoms with E-state index < -0.39 is 5.97 Å². The van der Waals surface area contributed by atoms with E-state index in [1.165, 1.54) is 0 Å². The van der Waals surface area contributed by atoms with Crippen molar-refractivity contribution in [2.24, 2.45) is 16.3 Å². The van der Waals surface area contributed by atoms with Gasteiger partial charge < -0.3 is 10.5 Å². The number of carboxylic acid groups (broad SMARTS) is 1. The van der Waals surface area contributed by atoms with Crippen molar-refractivity contribution in [3.63, 3.8) is 0 Å². The Morgan fingerprint density at radius 3 is 2.67 bits per heavy atom. The molecule has 0 bridgehead atoms. The van der Waals surface area contributed by atoms with E-state index in [1.54, 1.807) is 0 Å². The van der Waals surface area contributed by atoms with Crippen molar-refractivity contribution in [2.45, 2.75) is 19.0 Å². The fourth-order valence-corrected chi connectivity index (χ4v) is 4.22. The lowest BCUT2D eigenvalue weighted by Gasteiger charge is -2.58. The van der Waals surface area contributed by atoms with Gasteiger partial charge in [-0.25, -0.2) is 4.99 Å². The van der Waals surface area contributed by atoms with Crippen molar-refractivity contribution in [3.05, 3.63) is 34.9 Å². The summed E-state index contributed by atoms with van der Waals surface area (Å²) in [5, 5.41) is 11.8. The third kappa shape index (κ3) is 2.79. The number of carbonyl (C=O) groups is 1. The number of hydrogen-bond acceptors (Lipinski definition) is 5. The minimum absolute atomic E-state index is 0.0726. The molecule has 128 valence electrons. The number of nitrogens with zero attached hydrogens (tertiary/aromatic N) is 3. The van der Waals surface area contributed by atoms with Crippen molar-refractivity contribution in [3.8, 4) is 0 Å². The molecule has 1 aromatic carbocycles. The Morgan fingerprint density at radius 2 is 2.04 bits per heavy atom. The first kappa shape index (κ1) is 15.9. The molecule has 0 radical (unpaired) electrons. The van der Waals surface area contributed by atoms with Crippen LogP contribution in [0.5, 0.6) is 0 Å². The SMILES string of the molecule is CN1NC(c2ccc(Cl)cc2)=NC1CN1CC2(CC(C(=O)O)C2)C1. The largest absolute Gasteiger partial charge is 0.481 e. The monoisotopic (exact) mass is 348 g/mol. The summed E-state index contributed by atoms with van der Waals surface area (Å²) in [7, 11) is 2.00. The average molecular weight is 349 g/mol. The molecule has 1 unspecified atom stereocenters. The number of aliphatic carboxylic acids is 1. The highest BCUT2D eigenvalue weighted by atomic mass is 35.5. The molecule has 1 spiro atoms. The molecule has 2 heterocycles. The molecule has 1 saturated carbocycles. The highest BCUT2D eigenvalue weighted by molar-refractivity contribution is 6.30. The number of likely N-dealkylation sites (tertiary alicyclic amines) is 1. The highest BCUT2D eigenvalue weighted by Gasteiger charge is 2.54. The Morgan fingerprint density at radius 1 is 1.38 bits per heavy atom. The van der Waals surface area contributed by atoms with Crippen LogP contribution >= 0.6 is 11.6 Å². The van der Waals surface area contributed by atoms with E-state index in [9.17, 15) is 4.79 Å². The first-order valence-corrected chi connectivity index (χ1v) is 8.60. The third-order valence-corrected chi connectivity index (χ3v) is 5.62. The van der Waals surface area contributed by atoms with Crippen LogP contribution in [0.15, 0.2) is 29.3 Å². The van der Waals surface area contributed by atoms with Crippen LogP contribution in [0.25, 0.3) is 0 Å². The van der Waals surface area contributed by atoms with E-state index >= 15 is 0 Å². The minimum Gasteiger partial charge on any atom is -0.481 e. The van der Waals surface area contributed by atoms with Crippen molar-refractivity contribution in [2.75, 3.05) is 26.7 Å². The summed E-state index contributed by atoms with van der Waals surface area (Å²) in [4.78, 5) is 18.1. The maximum absolute atomic E-state index is 10.9. The first-order chi connectivity index (χ1) is 11.4. The van der Waals surface area contributed by atoms with Gasteiger partial charge in [0.25, 0.3) is 0 Å². The molecule has 1 atom stereocenters. The molecule has 1 aromatic rings. The molecule has 1 aliphatic carbocycles. The summed E-state index contributed by atoms with van der Waals surface area (Å²) < 4.78 is 0. The van der Waals surface area contributed by atoms with E-state index in [4.69, 9.17) is 21.7 Å². The van der Waals surface area contributed by atoms with Crippen molar-refractivity contribution in [1.29, 1.82) is 0 Å². The molecular weight excluding hydrogens is 328 g/mol. The zero-order valence-electron chi connectivity index (χ0n) is 13.6. The zero-order valence-corrected chi connectivity index (χ0v) is 14.3. The number of benzene rings is 1. The number of rotatable bonds is 4. The molecule has 2 aliphatic heterocycles. The molecule has 4 rings (SSSR count). The number of likely N-dealkylation sites (N-methyl/N-ethyl adjacent to an activating group) is 1. The Labute approximate surface area is 146 Å². The van der Waals surface area contributed by atoms with Crippen molar-refractivity contribution >= 4 is 23.4 Å². The lowest BCUT2D eigenvalue weighted by atomic mass is 9.58. The van der Waals surface area contributed by atoms with Crippen LogP contribution in [0.1, 0.15) is 18.4 Å². The zero-order chi connectivity index (χ0) is 16.9. The molecule has 0 amide bonds. The van der Waals surface area contributed by atoms with Crippen LogP contribution in [0, 0.1) is 11.3 Å². The van der Waals surface area contributed by atoms with Crippen LogP contribution in [0.2, 0.25) is 5.02 Å². The predicted molar refractivity (Wildman–Crippen MR) is 91.9 cm³/mol. The molecule has 24 heavy (non-hydrogen) atoms. The Bertz CT molecular complexity index is 676. The lowest BCUT2D eigenvalue weighted by molar-refractivity contribution is -0.161. The van der Waals surface area contributed by atoms with Crippen molar-refractivity contribution in [1.82, 2.24) is 15.3 Å². The second-order valence-electron chi connectivity index (χ2n) is 7.30. The van der Waals surface area contributed by atoms with E-state index in [-0.39, 0.29) is 17.5 Å². The molecule has 0 aromatic heterocycles. The van der Waals surface area contributed by atoms with E-state index in [2.05, 4.69) is 10.3 Å². The smallest absolute Gasteiger partial charge is 0.306 e. The molecule has 1 saturated heterocycles. The number of carboxylic acids is 1. The highest BCUT2D eigenvalue weighted by Crippen LogP contribution is 2.51. The molecule has 6 nitrogen and oxygen atoms in total. The van der Waals surface area contributed by atoms with Gasteiger partial charge in [-0.2, -0.15) is 5.01 Å². The summed E-state index contributed by atoms with van der Waals surface area (Å²) in [6.45, 7) is 2.85. The molecular formula is C17H21ClN4O2. The van der Waals surface area contributed by atoms with Gasteiger partial charge in [-0.3, -0.25) is 9.69 Å². The molecule has 3 aliphatic rings. The van der Waals surface area contributed by atoms with Crippen LogP contribution in [-0.4, -0.2) is 59.7 Å². The minimum atomic E-state index is -0.643. The fourth-order valence-electron chi connectivity index (χ4n) is 4.10. The number of hydrazine groups is 1. The molecule has 2 N–H and O–H groups in total. The van der Waals surface area contributed by atoms with Gasteiger partial charge in [0.05, 0.1) is 5.92 Å². The quantitative estimate of drug-likeness (QED) is 0.866. The van der Waals surface area contributed by atoms with Gasteiger partial charge in [0.1, 0.15) is 12.0 Å². The Hall–Kier alpha value is -1.63. The summed E-state index contributed by atoms with van der Waals surface area (Å²) in [6, 6.07) is 7.65. The molecule has 2 fully saturated rings. The van der Waals surface area contributed by atoms with Crippen LogP contribution in [0.4, 0.5) is 0 Å². The number of halogens is 1. The third-order valence-electron chi connectivity index (χ3n) is 5.37. The van der Waals surface area contributed by atoms with Gasteiger partial charge in [0, 0.05) is 37.3 Å². The second-order valence-corrected chi connectivity index (χ2v) is 7.74. The fraction of sp³-hybridized carbons (Fsp3) is 0.529. The van der Waals surface area contributed by atoms with Crippen molar-refractivity contribution < 1.29 is 9.90 Å².